The van der Waals surface area contributed by atoms with Crippen molar-refractivity contribution in [2.24, 2.45) is 23.7 Å². The molecule has 0 radical (unpaired) electrons. The van der Waals surface area contributed by atoms with Crippen molar-refractivity contribution in [2.45, 2.75) is 123 Å². The molecule has 1 aromatic rings. The van der Waals surface area contributed by atoms with E-state index in [1.54, 1.807) is 45.0 Å². The molecule has 11 heteroatoms. The van der Waals surface area contributed by atoms with Crippen LogP contribution in [0.25, 0.3) is 0 Å². The lowest BCUT2D eigenvalue weighted by Crippen LogP contribution is -2.55. The maximum Gasteiger partial charge on any atom is 0.226 e. The second-order valence-electron chi connectivity index (χ2n) is 15.2. The van der Waals surface area contributed by atoms with Gasteiger partial charge in [0.2, 0.25) is 17.7 Å². The standard InChI is InChI=1S/C40H66N4O7/c1-13-26(4)36(43(10)39(49)30(25(2)3)23-34(46)40(7,8)41-9)33(50-11)24-35(47)44-21-17-20-32(44)37(51-12)27(5)38(48)42-31(28(6)45)22-29-18-15-14-16-19-29/h14-16,18-19,25-27,30-33,36-37,41,45H,6,13,17,20-24H2,1-5,7-12H3,(H,42,48)/t26-,27+,30-,31-,32-,33+,36-,37+/m0/s1. The van der Waals surface area contributed by atoms with Gasteiger partial charge in [-0.25, -0.2) is 0 Å². The Balaban J connectivity index is 2.26. The maximum atomic E-state index is 14.1. The van der Waals surface area contributed by atoms with E-state index in [2.05, 4.69) is 24.1 Å². The molecule has 1 aliphatic heterocycles. The van der Waals surface area contributed by atoms with Crippen LogP contribution >= 0.6 is 0 Å². The minimum atomic E-state index is -0.759. The monoisotopic (exact) mass is 714 g/mol. The Morgan fingerprint density at radius 3 is 2.20 bits per heavy atom. The molecule has 1 aliphatic rings. The average Bonchev–Trinajstić information content (AvgIpc) is 3.59. The first-order valence-electron chi connectivity index (χ1n) is 18.5. The molecule has 2 rings (SSSR count). The highest BCUT2D eigenvalue weighted by Crippen LogP contribution is 2.31. The summed E-state index contributed by atoms with van der Waals surface area (Å²) in [7, 11) is 6.61. The lowest BCUT2D eigenvalue weighted by atomic mass is 9.83. The number of Topliss-reactive ketones (excluding diaryl/α,β-unsaturated/α-hetero) is 1. The second-order valence-corrected chi connectivity index (χ2v) is 15.2. The van der Waals surface area contributed by atoms with Gasteiger partial charge in [0.15, 0.2) is 5.78 Å². The number of ketones is 1. The lowest BCUT2D eigenvalue weighted by molar-refractivity contribution is -0.149. The summed E-state index contributed by atoms with van der Waals surface area (Å²) in [5.74, 6) is -1.98. The highest BCUT2D eigenvalue weighted by Gasteiger charge is 2.43. The normalized spacial score (nSPS) is 19.1. The molecule has 288 valence electrons. The van der Waals surface area contributed by atoms with Crippen LogP contribution in [0.3, 0.4) is 0 Å². The first-order chi connectivity index (χ1) is 23.9. The summed E-state index contributed by atoms with van der Waals surface area (Å²) in [6.07, 6.45) is 1.51. The number of benzene rings is 1. The summed E-state index contributed by atoms with van der Waals surface area (Å²) in [5.41, 5.74) is 0.189. The van der Waals surface area contributed by atoms with E-state index in [0.29, 0.717) is 19.4 Å². The van der Waals surface area contributed by atoms with Crippen molar-refractivity contribution >= 4 is 23.5 Å². The minimum absolute atomic E-state index is 0.00360. The summed E-state index contributed by atoms with van der Waals surface area (Å²) in [5, 5.41) is 16.3. The number of hydrogen-bond acceptors (Lipinski definition) is 8. The summed E-state index contributed by atoms with van der Waals surface area (Å²) in [6, 6.07) is 8.11. The molecule has 0 spiro atoms. The van der Waals surface area contributed by atoms with Crippen molar-refractivity contribution in [1.29, 1.82) is 0 Å². The SMILES string of the molecule is C=C(O)[C@H](Cc1ccccc1)NC(=O)[C@H](C)[C@@H](OC)[C@@H]1CCCN1C(=O)C[C@@H](OC)[C@H]([C@@H](C)CC)N(C)C(=O)[C@@H](CC(=O)C(C)(C)NC)C(C)C. The quantitative estimate of drug-likeness (QED) is 0.153. The van der Waals surface area contributed by atoms with Crippen LogP contribution in [0.5, 0.6) is 0 Å². The number of rotatable bonds is 21. The fraction of sp³-hybridized carbons (Fsp3) is 0.700. The number of aliphatic hydroxyl groups is 1. The van der Waals surface area contributed by atoms with Gasteiger partial charge in [-0.3, -0.25) is 19.2 Å². The number of aliphatic hydroxyl groups excluding tert-OH is 1. The zero-order valence-corrected chi connectivity index (χ0v) is 33.0. The number of carbonyl (C=O) groups is 4. The van der Waals surface area contributed by atoms with Crippen molar-refractivity contribution in [3.8, 4) is 0 Å². The predicted octanol–water partition coefficient (Wildman–Crippen LogP) is 4.94. The highest BCUT2D eigenvalue weighted by atomic mass is 16.5. The van der Waals surface area contributed by atoms with Gasteiger partial charge in [0.25, 0.3) is 0 Å². The van der Waals surface area contributed by atoms with Gasteiger partial charge in [-0.2, -0.15) is 0 Å². The molecule has 3 amide bonds. The fourth-order valence-corrected chi connectivity index (χ4v) is 7.18. The smallest absolute Gasteiger partial charge is 0.226 e. The fourth-order valence-electron chi connectivity index (χ4n) is 7.18. The number of likely N-dealkylation sites (N-methyl/N-ethyl adjacent to an activating group) is 2. The molecule has 0 bridgehead atoms. The van der Waals surface area contributed by atoms with E-state index in [0.717, 1.165) is 18.4 Å². The molecule has 1 fully saturated rings. The number of methoxy groups -OCH3 is 2. The van der Waals surface area contributed by atoms with Crippen LogP contribution in [-0.4, -0.2) is 109 Å². The van der Waals surface area contributed by atoms with E-state index < -0.39 is 41.7 Å². The van der Waals surface area contributed by atoms with Crippen LogP contribution in [0.15, 0.2) is 42.7 Å². The molecule has 1 heterocycles. The summed E-state index contributed by atoms with van der Waals surface area (Å²) >= 11 is 0. The molecular formula is C40H66N4O7. The Hall–Kier alpha value is -3.28. The number of hydrogen-bond donors (Lipinski definition) is 3. The largest absolute Gasteiger partial charge is 0.511 e. The minimum Gasteiger partial charge on any atom is -0.511 e. The van der Waals surface area contributed by atoms with Crippen LogP contribution in [-0.2, 0) is 35.1 Å². The Morgan fingerprint density at radius 2 is 1.69 bits per heavy atom. The van der Waals surface area contributed by atoms with Crippen LogP contribution in [0.1, 0.15) is 86.1 Å². The summed E-state index contributed by atoms with van der Waals surface area (Å²) in [6.45, 7) is 17.6. The number of amides is 3. The van der Waals surface area contributed by atoms with Gasteiger partial charge in [0.1, 0.15) is 5.76 Å². The predicted molar refractivity (Wildman–Crippen MR) is 201 cm³/mol. The molecule has 1 saturated heterocycles. The number of likely N-dealkylation sites (tertiary alicyclic amines) is 1. The van der Waals surface area contributed by atoms with Gasteiger partial charge in [-0.1, -0.05) is 78.0 Å². The molecule has 11 nitrogen and oxygen atoms in total. The molecular weight excluding hydrogens is 648 g/mol. The van der Waals surface area contributed by atoms with Gasteiger partial charge >= 0.3 is 0 Å². The Morgan fingerprint density at radius 1 is 1.06 bits per heavy atom. The molecule has 51 heavy (non-hydrogen) atoms. The highest BCUT2D eigenvalue weighted by molar-refractivity contribution is 5.92. The molecule has 0 saturated carbocycles. The zero-order chi connectivity index (χ0) is 38.6. The summed E-state index contributed by atoms with van der Waals surface area (Å²) < 4.78 is 11.9. The van der Waals surface area contributed by atoms with Gasteiger partial charge in [-0.05, 0) is 57.6 Å². The molecule has 0 unspecified atom stereocenters. The van der Waals surface area contributed by atoms with E-state index >= 15 is 0 Å². The van der Waals surface area contributed by atoms with Gasteiger partial charge in [0.05, 0.1) is 48.2 Å². The van der Waals surface area contributed by atoms with Crippen LogP contribution < -0.4 is 10.6 Å². The van der Waals surface area contributed by atoms with E-state index in [1.807, 2.05) is 65.0 Å². The van der Waals surface area contributed by atoms with E-state index in [9.17, 15) is 24.3 Å². The molecule has 8 atom stereocenters. The number of ether oxygens (including phenoxy) is 2. The molecule has 1 aromatic carbocycles. The van der Waals surface area contributed by atoms with Crippen molar-refractivity contribution in [1.82, 2.24) is 20.4 Å². The second kappa shape index (κ2) is 20.1. The van der Waals surface area contributed by atoms with Crippen molar-refractivity contribution in [2.75, 3.05) is 34.9 Å². The lowest BCUT2D eigenvalue weighted by Gasteiger charge is -2.41. The average molecular weight is 715 g/mol. The van der Waals surface area contributed by atoms with Crippen LogP contribution in [0, 0.1) is 23.7 Å². The number of nitrogens with zero attached hydrogens (tertiary/aromatic N) is 2. The van der Waals surface area contributed by atoms with Gasteiger partial charge in [-0.15, -0.1) is 0 Å². The van der Waals surface area contributed by atoms with Gasteiger partial charge in [0, 0.05) is 40.2 Å². The number of nitrogens with one attached hydrogen (secondary N) is 2. The third kappa shape index (κ3) is 11.6. The van der Waals surface area contributed by atoms with Crippen molar-refractivity contribution < 1.29 is 33.8 Å². The van der Waals surface area contributed by atoms with E-state index in [4.69, 9.17) is 9.47 Å². The van der Waals surface area contributed by atoms with E-state index in [1.165, 1.54) is 0 Å². The van der Waals surface area contributed by atoms with Crippen molar-refractivity contribution in [3.63, 3.8) is 0 Å². The number of carbonyl (C=O) groups excluding carboxylic acids is 4. The topological polar surface area (TPSA) is 138 Å². The Bertz CT molecular complexity index is 1300. The maximum absolute atomic E-state index is 14.1. The van der Waals surface area contributed by atoms with E-state index in [-0.39, 0.29) is 60.0 Å². The molecule has 0 aliphatic carbocycles. The third-order valence-electron chi connectivity index (χ3n) is 11.1. The van der Waals surface area contributed by atoms with Crippen LogP contribution in [0.2, 0.25) is 0 Å². The van der Waals surface area contributed by atoms with Crippen molar-refractivity contribution in [3.05, 3.63) is 48.2 Å². The van der Waals surface area contributed by atoms with Gasteiger partial charge < -0.3 is 35.0 Å². The first-order valence-corrected chi connectivity index (χ1v) is 18.5. The summed E-state index contributed by atoms with van der Waals surface area (Å²) in [4.78, 5) is 58.5. The Kier molecular flexibility index (Phi) is 17.3. The molecule has 3 N–H and O–H groups in total. The zero-order valence-electron chi connectivity index (χ0n) is 33.0. The van der Waals surface area contributed by atoms with Crippen LogP contribution in [0.4, 0.5) is 0 Å². The molecule has 0 aromatic heterocycles. The first kappa shape index (κ1) is 43.9. The Labute approximate surface area is 306 Å². The third-order valence-corrected chi connectivity index (χ3v) is 11.1.